The number of rotatable bonds is 11. The first-order valence-corrected chi connectivity index (χ1v) is 11.3. The topological polar surface area (TPSA) is 132 Å². The van der Waals surface area contributed by atoms with Gasteiger partial charge in [0, 0.05) is 12.4 Å². The van der Waals surface area contributed by atoms with Crippen LogP contribution in [-0.2, 0) is 25.7 Å². The number of alkyl halides is 2. The minimum atomic E-state index is -1.48. The quantitative estimate of drug-likeness (QED) is 0.276. The van der Waals surface area contributed by atoms with Crippen LogP contribution in [0.5, 0.6) is 0 Å². The van der Waals surface area contributed by atoms with Crippen LogP contribution < -0.4 is 16.2 Å². The summed E-state index contributed by atoms with van der Waals surface area (Å²) in [5.41, 5.74) is 3.69. The number of unbranched alkanes of at least 4 members (excludes halogenated alkanes) is 2. The van der Waals surface area contributed by atoms with Gasteiger partial charge in [-0.2, -0.15) is 0 Å². The van der Waals surface area contributed by atoms with Crippen LogP contribution in [0.15, 0.2) is 30.3 Å². The van der Waals surface area contributed by atoms with Gasteiger partial charge in [-0.25, -0.2) is 9.59 Å². The second-order valence-electron chi connectivity index (χ2n) is 7.96. The van der Waals surface area contributed by atoms with Crippen LogP contribution in [-0.4, -0.2) is 41.1 Å². The van der Waals surface area contributed by atoms with Gasteiger partial charge in [-0.05, 0) is 45.6 Å². The molecule has 1 atom stereocenters. The number of esters is 1. The van der Waals surface area contributed by atoms with Crippen molar-refractivity contribution in [1.82, 2.24) is 5.32 Å². The van der Waals surface area contributed by atoms with Crippen molar-refractivity contribution in [1.29, 1.82) is 0 Å². The zero-order chi connectivity index (χ0) is 24.6. The second-order valence-corrected chi connectivity index (χ2v) is 9.24. The number of amides is 1. The van der Waals surface area contributed by atoms with Crippen LogP contribution in [0.25, 0.3) is 0 Å². The molecule has 32 heavy (non-hydrogen) atoms. The first kappa shape index (κ1) is 30.0. The van der Waals surface area contributed by atoms with Gasteiger partial charge in [0.15, 0.2) is 0 Å². The fourth-order valence-corrected chi connectivity index (χ4v) is 2.60. The normalized spacial score (nSPS) is 11.7. The number of carbonyl (C=O) groups excluding carboxylic acids is 3. The van der Waals surface area contributed by atoms with Gasteiger partial charge in [0.1, 0.15) is 23.1 Å². The Hall–Kier alpha value is -2.03. The monoisotopic (exact) mass is 492 g/mol. The van der Waals surface area contributed by atoms with Crippen molar-refractivity contribution in [2.75, 3.05) is 6.54 Å². The summed E-state index contributed by atoms with van der Waals surface area (Å²) in [5, 5.41) is 12.9. The number of benzene rings is 1. The van der Waals surface area contributed by atoms with Gasteiger partial charge in [-0.3, -0.25) is 0 Å². The predicted molar refractivity (Wildman–Crippen MR) is 121 cm³/mol. The van der Waals surface area contributed by atoms with E-state index in [-0.39, 0.29) is 11.4 Å². The van der Waals surface area contributed by atoms with Gasteiger partial charge in [-0.15, -0.1) is 23.2 Å². The van der Waals surface area contributed by atoms with E-state index in [9.17, 15) is 19.5 Å². The number of aliphatic carboxylic acids is 1. The summed E-state index contributed by atoms with van der Waals surface area (Å²) in [7, 11) is 0. The van der Waals surface area contributed by atoms with Gasteiger partial charge in [0.25, 0.3) is 0 Å². The minimum Gasteiger partial charge on any atom is -0.550 e. The Balaban J connectivity index is 0.000000900. The molecule has 1 aromatic carbocycles. The number of halogens is 2. The van der Waals surface area contributed by atoms with Crippen LogP contribution >= 0.6 is 23.2 Å². The van der Waals surface area contributed by atoms with Crippen LogP contribution in [0.4, 0.5) is 4.79 Å². The maximum Gasteiger partial charge on any atom is 0.408 e. The van der Waals surface area contributed by atoms with Gasteiger partial charge in [-0.1, -0.05) is 36.8 Å². The smallest absolute Gasteiger partial charge is 0.408 e. The Morgan fingerprint density at radius 2 is 1.72 bits per heavy atom. The molecule has 0 fully saturated rings. The summed E-state index contributed by atoms with van der Waals surface area (Å²) in [6, 6.07) is 7.55. The van der Waals surface area contributed by atoms with E-state index in [4.69, 9.17) is 32.7 Å². The molecule has 0 aliphatic rings. The molecule has 0 saturated carbocycles. The molecule has 0 heterocycles. The molecule has 0 radical (unpaired) electrons. The fraction of sp³-hybridized carbons (Fsp3) is 0.591. The molecular weight excluding hydrogens is 459 g/mol. The summed E-state index contributed by atoms with van der Waals surface area (Å²) in [5.74, 6) is -2.34. The van der Waals surface area contributed by atoms with Crippen LogP contribution in [0, 0.1) is 0 Å². The van der Waals surface area contributed by atoms with E-state index >= 15 is 0 Å². The van der Waals surface area contributed by atoms with Gasteiger partial charge in [0.05, 0.1) is 6.54 Å². The Kier molecular flexibility index (Phi) is 15.5. The molecule has 0 aliphatic carbocycles. The first-order valence-electron chi connectivity index (χ1n) is 10.4. The van der Waals surface area contributed by atoms with Crippen molar-refractivity contribution >= 4 is 41.2 Å². The number of quaternary nitrogens is 1. The van der Waals surface area contributed by atoms with Crippen LogP contribution in [0.3, 0.4) is 0 Å². The summed E-state index contributed by atoms with van der Waals surface area (Å²) in [6.45, 7) is 5.92. The number of nitrogens with one attached hydrogen (secondary N) is 1. The SMILES string of the molecule is CC(C)(C)OC(=O)[C@H](CC(=O)[O-])NC(=O)OCc1ccccc1.[NH3+]CCCCCC(Cl)Cl. The van der Waals surface area contributed by atoms with Crippen molar-refractivity contribution in [2.24, 2.45) is 0 Å². The van der Waals surface area contributed by atoms with Crippen molar-refractivity contribution in [2.45, 2.75) is 76.0 Å². The van der Waals surface area contributed by atoms with E-state index in [1.54, 1.807) is 45.0 Å². The molecule has 0 bridgehead atoms. The number of carboxylic acid groups (broad SMARTS) is 1. The molecule has 0 aliphatic heterocycles. The first-order chi connectivity index (χ1) is 14.9. The average molecular weight is 493 g/mol. The maximum atomic E-state index is 11.9. The second kappa shape index (κ2) is 16.6. The number of ether oxygens (including phenoxy) is 2. The fourth-order valence-electron chi connectivity index (χ4n) is 2.29. The Morgan fingerprint density at radius 3 is 2.22 bits per heavy atom. The molecule has 10 heteroatoms. The third-order valence-electron chi connectivity index (χ3n) is 3.74. The lowest BCUT2D eigenvalue weighted by Gasteiger charge is -2.24. The van der Waals surface area contributed by atoms with Gasteiger partial charge < -0.3 is 30.4 Å². The lowest BCUT2D eigenvalue weighted by molar-refractivity contribution is -0.368. The number of hydrogen-bond acceptors (Lipinski definition) is 6. The molecule has 0 unspecified atom stereocenters. The van der Waals surface area contributed by atoms with E-state index < -0.39 is 36.1 Å². The van der Waals surface area contributed by atoms with Gasteiger partial charge >= 0.3 is 12.1 Å². The highest BCUT2D eigenvalue weighted by Gasteiger charge is 2.27. The van der Waals surface area contributed by atoms with E-state index in [0.717, 1.165) is 24.9 Å². The third kappa shape index (κ3) is 17.6. The highest BCUT2D eigenvalue weighted by molar-refractivity contribution is 6.44. The summed E-state index contributed by atoms with van der Waals surface area (Å²) in [6.07, 6.45) is 2.84. The van der Waals surface area contributed by atoms with Crippen molar-refractivity contribution in [3.05, 3.63) is 35.9 Å². The molecule has 182 valence electrons. The molecule has 4 N–H and O–H groups in total. The standard InChI is InChI=1S/C16H21NO6.C6H13Cl2N/c1-16(2,3)23-14(20)12(9-13(18)19)17-15(21)22-10-11-7-5-4-6-8-11;7-6(8)4-2-1-3-5-9/h4-8,12H,9-10H2,1-3H3,(H,17,21)(H,18,19);6H,1-5,9H2/t12-;/m0./s1. The lowest BCUT2D eigenvalue weighted by atomic mass is 10.1. The summed E-state index contributed by atoms with van der Waals surface area (Å²) in [4.78, 5) is 34.2. The van der Waals surface area contributed by atoms with Crippen LogP contribution in [0.1, 0.15) is 58.4 Å². The number of hydrogen-bond donors (Lipinski definition) is 2. The molecule has 8 nitrogen and oxygen atoms in total. The maximum absolute atomic E-state index is 11.9. The Labute approximate surface area is 199 Å². The molecule has 1 aromatic rings. The molecule has 0 spiro atoms. The van der Waals surface area contributed by atoms with E-state index in [2.05, 4.69) is 11.1 Å². The van der Waals surface area contributed by atoms with E-state index in [1.807, 2.05) is 6.07 Å². The van der Waals surface area contributed by atoms with E-state index in [0.29, 0.717) is 0 Å². The number of alkyl carbamates (subject to hydrolysis) is 1. The van der Waals surface area contributed by atoms with Gasteiger partial charge in [0.2, 0.25) is 0 Å². The van der Waals surface area contributed by atoms with Crippen molar-refractivity contribution in [3.8, 4) is 0 Å². The third-order valence-corrected chi connectivity index (χ3v) is 4.18. The zero-order valence-electron chi connectivity index (χ0n) is 18.9. The molecule has 1 rings (SSSR count). The molecule has 0 saturated heterocycles. The van der Waals surface area contributed by atoms with Crippen LogP contribution in [0.2, 0.25) is 0 Å². The zero-order valence-corrected chi connectivity index (χ0v) is 20.4. The number of carbonyl (C=O) groups is 3. The van der Waals surface area contributed by atoms with E-state index in [1.165, 1.54) is 12.8 Å². The lowest BCUT2D eigenvalue weighted by Crippen LogP contribution is -2.50. The van der Waals surface area contributed by atoms with Crippen molar-refractivity contribution in [3.63, 3.8) is 0 Å². The highest BCUT2D eigenvalue weighted by Crippen LogP contribution is 2.12. The molecular formula is C22H34Cl2N2O6. The largest absolute Gasteiger partial charge is 0.550 e. The Morgan fingerprint density at radius 1 is 1.09 bits per heavy atom. The molecule has 0 aromatic heterocycles. The highest BCUT2D eigenvalue weighted by atomic mass is 35.5. The average Bonchev–Trinajstić information content (AvgIpc) is 2.69. The minimum absolute atomic E-state index is 0.000959. The summed E-state index contributed by atoms with van der Waals surface area (Å²) >= 11 is 11.0. The van der Waals surface area contributed by atoms with Crippen molar-refractivity contribution < 1.29 is 34.7 Å². The number of carboxylic acids is 1. The summed E-state index contributed by atoms with van der Waals surface area (Å²) < 4.78 is 10.0. The Bertz CT molecular complexity index is 681. The molecule has 1 amide bonds. The predicted octanol–water partition coefficient (Wildman–Crippen LogP) is 2.36.